The Morgan fingerprint density at radius 2 is 2.19 bits per heavy atom. The summed E-state index contributed by atoms with van der Waals surface area (Å²) >= 11 is 0. The van der Waals surface area contributed by atoms with E-state index in [1.807, 2.05) is 0 Å². The van der Waals surface area contributed by atoms with Gasteiger partial charge in [-0.3, -0.25) is 9.89 Å². The fourth-order valence-electron chi connectivity index (χ4n) is 2.60. The molecule has 0 saturated carbocycles. The first-order valence-corrected chi connectivity index (χ1v) is 6.64. The van der Waals surface area contributed by atoms with Crippen LogP contribution in [0.1, 0.15) is 38.8 Å². The van der Waals surface area contributed by atoms with Gasteiger partial charge >= 0.3 is 5.97 Å². The zero-order chi connectivity index (χ0) is 15.0. The van der Waals surface area contributed by atoms with Crippen LogP contribution in [-0.4, -0.2) is 38.7 Å². The lowest BCUT2D eigenvalue weighted by Crippen LogP contribution is -2.36. The lowest BCUT2D eigenvalue weighted by molar-refractivity contribution is 0.0695. The predicted octanol–water partition coefficient (Wildman–Crippen LogP) is 1.40. The molecule has 1 aliphatic heterocycles. The first-order valence-electron chi connectivity index (χ1n) is 6.64. The maximum atomic E-state index is 12.5. The number of carboxylic acid groups (broad SMARTS) is 1. The van der Waals surface area contributed by atoms with Gasteiger partial charge in [-0.15, -0.1) is 5.10 Å². The fourth-order valence-corrected chi connectivity index (χ4v) is 2.60. The van der Waals surface area contributed by atoms with Gasteiger partial charge in [0.25, 0.3) is 5.91 Å². The highest BCUT2D eigenvalue weighted by atomic mass is 16.4. The van der Waals surface area contributed by atoms with Gasteiger partial charge in [-0.1, -0.05) is 6.07 Å². The van der Waals surface area contributed by atoms with Gasteiger partial charge in [-0.25, -0.2) is 9.78 Å². The molecule has 2 aromatic rings. The van der Waals surface area contributed by atoms with Crippen LogP contribution in [0.5, 0.6) is 0 Å². The minimum atomic E-state index is -0.977. The molecule has 0 aliphatic carbocycles. The molecule has 0 radical (unpaired) electrons. The predicted molar refractivity (Wildman–Crippen MR) is 74.5 cm³/mol. The Hall–Kier alpha value is -2.70. The summed E-state index contributed by atoms with van der Waals surface area (Å²) in [7, 11) is 0. The van der Waals surface area contributed by atoms with Crippen LogP contribution in [0.4, 0.5) is 5.69 Å². The summed E-state index contributed by atoms with van der Waals surface area (Å²) in [5.74, 6) is -0.631. The maximum absolute atomic E-state index is 12.5. The lowest BCUT2D eigenvalue weighted by atomic mass is 9.96. The zero-order valence-corrected chi connectivity index (χ0v) is 11.5. The normalized spacial score (nSPS) is 13.9. The van der Waals surface area contributed by atoms with Crippen LogP contribution >= 0.6 is 0 Å². The Morgan fingerprint density at radius 3 is 2.86 bits per heavy atom. The highest BCUT2D eigenvalue weighted by Gasteiger charge is 2.28. The molecule has 2 N–H and O–H groups in total. The molecule has 0 saturated heterocycles. The molecule has 7 heteroatoms. The maximum Gasteiger partial charge on any atom is 0.336 e. The van der Waals surface area contributed by atoms with E-state index in [0.29, 0.717) is 36.5 Å². The van der Waals surface area contributed by atoms with Crippen LogP contribution in [-0.2, 0) is 6.42 Å². The number of aryl methyl sites for hydroxylation is 1. The van der Waals surface area contributed by atoms with Gasteiger partial charge in [0, 0.05) is 12.2 Å². The number of H-pyrrole nitrogens is 1. The van der Waals surface area contributed by atoms with Gasteiger partial charge in [0.1, 0.15) is 5.82 Å². The number of nitrogens with zero attached hydrogens (tertiary/aromatic N) is 3. The van der Waals surface area contributed by atoms with Crippen LogP contribution in [0.3, 0.4) is 0 Å². The molecule has 0 atom stereocenters. The number of carboxylic acids is 1. The van der Waals surface area contributed by atoms with Crippen LogP contribution in [0.15, 0.2) is 18.2 Å². The van der Waals surface area contributed by atoms with Gasteiger partial charge in [0.15, 0.2) is 0 Å². The molecule has 1 aromatic carbocycles. The molecular weight excluding hydrogens is 272 g/mol. The third kappa shape index (κ3) is 2.26. The summed E-state index contributed by atoms with van der Waals surface area (Å²) in [5.41, 5.74) is 1.57. The van der Waals surface area contributed by atoms with Gasteiger partial charge in [0.05, 0.1) is 5.56 Å². The molecule has 1 aromatic heterocycles. The zero-order valence-electron chi connectivity index (χ0n) is 11.5. The number of rotatable bonds is 2. The number of hydrogen-bond donors (Lipinski definition) is 2. The minimum absolute atomic E-state index is 0.0982. The molecule has 0 spiro atoms. The van der Waals surface area contributed by atoms with E-state index in [-0.39, 0.29) is 17.3 Å². The Bertz CT molecular complexity index is 723. The summed E-state index contributed by atoms with van der Waals surface area (Å²) in [6.45, 7) is 2.25. The summed E-state index contributed by atoms with van der Waals surface area (Å²) < 4.78 is 0. The van der Waals surface area contributed by atoms with Crippen molar-refractivity contribution in [2.75, 3.05) is 11.4 Å². The largest absolute Gasteiger partial charge is 0.478 e. The molecule has 0 bridgehead atoms. The first-order chi connectivity index (χ1) is 10.1. The number of aromatic amines is 1. The molecular formula is C14H14N4O3. The quantitative estimate of drug-likeness (QED) is 0.869. The molecule has 1 amide bonds. The Labute approximate surface area is 120 Å². The van der Waals surface area contributed by atoms with Crippen molar-refractivity contribution in [3.05, 3.63) is 41.0 Å². The molecule has 2 heterocycles. The first kappa shape index (κ1) is 13.3. The molecule has 1 aliphatic rings. The molecule has 108 valence electrons. The number of hydrogen-bond acceptors (Lipinski definition) is 4. The standard InChI is InChI=1S/C14H14N4O3/c1-8-15-12(17-16-8)13(19)18-7-3-5-9-10(14(20)21)4-2-6-11(9)18/h2,4,6H,3,5,7H2,1H3,(H,20,21)(H,15,16,17). The second-order valence-electron chi connectivity index (χ2n) is 4.91. The highest BCUT2D eigenvalue weighted by Crippen LogP contribution is 2.30. The van der Waals surface area contributed by atoms with Crippen LogP contribution < -0.4 is 4.90 Å². The number of carbonyl (C=O) groups excluding carboxylic acids is 1. The number of fused-ring (bicyclic) bond motifs is 1. The van der Waals surface area contributed by atoms with Crippen molar-refractivity contribution in [2.45, 2.75) is 19.8 Å². The Balaban J connectivity index is 2.03. The second-order valence-corrected chi connectivity index (χ2v) is 4.91. The third-order valence-electron chi connectivity index (χ3n) is 3.51. The molecule has 21 heavy (non-hydrogen) atoms. The smallest absolute Gasteiger partial charge is 0.336 e. The van der Waals surface area contributed by atoms with Crippen molar-refractivity contribution < 1.29 is 14.7 Å². The number of nitrogens with one attached hydrogen (secondary N) is 1. The van der Waals surface area contributed by atoms with E-state index in [2.05, 4.69) is 15.2 Å². The van der Waals surface area contributed by atoms with E-state index < -0.39 is 5.97 Å². The van der Waals surface area contributed by atoms with Crippen molar-refractivity contribution in [1.82, 2.24) is 15.2 Å². The monoisotopic (exact) mass is 286 g/mol. The van der Waals surface area contributed by atoms with E-state index >= 15 is 0 Å². The summed E-state index contributed by atoms with van der Waals surface area (Å²) in [6.07, 6.45) is 1.36. The molecule has 3 rings (SSSR count). The summed E-state index contributed by atoms with van der Waals surface area (Å²) in [5, 5.41) is 15.8. The average Bonchev–Trinajstić information content (AvgIpc) is 2.91. The fraction of sp³-hybridized carbons (Fsp3) is 0.286. The average molecular weight is 286 g/mol. The van der Waals surface area contributed by atoms with Gasteiger partial charge < -0.3 is 10.0 Å². The van der Waals surface area contributed by atoms with Gasteiger partial charge in [-0.2, -0.15) is 0 Å². The van der Waals surface area contributed by atoms with E-state index in [0.717, 1.165) is 0 Å². The Morgan fingerprint density at radius 1 is 1.38 bits per heavy atom. The molecule has 0 unspecified atom stereocenters. The lowest BCUT2D eigenvalue weighted by Gasteiger charge is -2.29. The van der Waals surface area contributed by atoms with Crippen molar-refractivity contribution in [2.24, 2.45) is 0 Å². The molecule has 7 nitrogen and oxygen atoms in total. The van der Waals surface area contributed by atoms with E-state index in [9.17, 15) is 14.7 Å². The SMILES string of the molecule is Cc1nc(C(=O)N2CCCc3c(C(=O)O)cccc32)n[nH]1. The second kappa shape index (κ2) is 5.01. The van der Waals surface area contributed by atoms with Crippen molar-refractivity contribution in [3.63, 3.8) is 0 Å². The van der Waals surface area contributed by atoms with Crippen LogP contribution in [0.25, 0.3) is 0 Å². The van der Waals surface area contributed by atoms with Crippen molar-refractivity contribution in [3.8, 4) is 0 Å². The van der Waals surface area contributed by atoms with Crippen LogP contribution in [0, 0.1) is 6.92 Å². The Kier molecular flexibility index (Phi) is 3.17. The summed E-state index contributed by atoms with van der Waals surface area (Å²) in [4.78, 5) is 29.4. The number of benzene rings is 1. The van der Waals surface area contributed by atoms with Gasteiger partial charge in [-0.05, 0) is 37.5 Å². The number of amides is 1. The number of aromatic nitrogens is 3. The van der Waals surface area contributed by atoms with Crippen molar-refractivity contribution >= 4 is 17.6 Å². The highest BCUT2D eigenvalue weighted by molar-refractivity contribution is 6.05. The number of anilines is 1. The van der Waals surface area contributed by atoms with E-state index in [4.69, 9.17) is 0 Å². The summed E-state index contributed by atoms with van der Waals surface area (Å²) in [6, 6.07) is 4.97. The van der Waals surface area contributed by atoms with Crippen LogP contribution in [0.2, 0.25) is 0 Å². The number of aromatic carboxylic acids is 1. The number of carbonyl (C=O) groups is 2. The van der Waals surface area contributed by atoms with Gasteiger partial charge in [0.2, 0.25) is 5.82 Å². The molecule has 0 fully saturated rings. The van der Waals surface area contributed by atoms with Crippen molar-refractivity contribution in [1.29, 1.82) is 0 Å². The third-order valence-corrected chi connectivity index (χ3v) is 3.51. The van der Waals surface area contributed by atoms with E-state index in [1.165, 1.54) is 0 Å². The topological polar surface area (TPSA) is 99.2 Å². The minimum Gasteiger partial charge on any atom is -0.478 e. The van der Waals surface area contributed by atoms with E-state index in [1.54, 1.807) is 30.0 Å².